The second kappa shape index (κ2) is 11.3. The lowest BCUT2D eigenvalue weighted by atomic mass is 9.99. The van der Waals surface area contributed by atoms with E-state index >= 15 is 0 Å². The summed E-state index contributed by atoms with van der Waals surface area (Å²) in [6.07, 6.45) is -0.467. The highest BCUT2D eigenvalue weighted by Crippen LogP contribution is 2.38. The summed E-state index contributed by atoms with van der Waals surface area (Å²) in [7, 11) is 0. The van der Waals surface area contributed by atoms with Crippen LogP contribution in [0.2, 0.25) is 0 Å². The largest absolute Gasteiger partial charge is 0.456 e. The maximum Gasteiger partial charge on any atom is 0.170 e. The highest BCUT2D eigenvalue weighted by molar-refractivity contribution is 6.17. The number of rotatable bonds is 5. The van der Waals surface area contributed by atoms with Crippen LogP contribution in [0.25, 0.3) is 55.0 Å². The molecule has 9 rings (SSSR count). The molecule has 0 saturated heterocycles. The summed E-state index contributed by atoms with van der Waals surface area (Å²) in [5.74, 6) is 1.57. The van der Waals surface area contributed by atoms with Crippen LogP contribution in [0.15, 0.2) is 178 Å². The van der Waals surface area contributed by atoms with Crippen LogP contribution < -0.4 is 5.32 Å². The Balaban J connectivity index is 1.18. The Morgan fingerprint density at radius 1 is 0.426 bits per heavy atom. The van der Waals surface area contributed by atoms with E-state index in [1.807, 2.05) is 42.5 Å². The van der Waals surface area contributed by atoms with Gasteiger partial charge in [-0.25, -0.2) is 9.98 Å². The van der Waals surface area contributed by atoms with Gasteiger partial charge in [0.25, 0.3) is 0 Å². The Kier molecular flexibility index (Phi) is 6.50. The molecule has 1 aliphatic heterocycles. The van der Waals surface area contributed by atoms with Gasteiger partial charge < -0.3 is 9.73 Å². The fourth-order valence-electron chi connectivity index (χ4n) is 6.56. The summed E-state index contributed by atoms with van der Waals surface area (Å²) < 4.78 is 6.45. The number of aliphatic imine (C=N–C) groups is 2. The molecule has 7 aromatic carbocycles. The van der Waals surface area contributed by atoms with Crippen molar-refractivity contribution < 1.29 is 4.42 Å². The van der Waals surface area contributed by atoms with Crippen molar-refractivity contribution in [3.63, 3.8) is 0 Å². The van der Waals surface area contributed by atoms with Gasteiger partial charge in [-0.05, 0) is 63.4 Å². The van der Waals surface area contributed by atoms with Crippen LogP contribution >= 0.6 is 0 Å². The van der Waals surface area contributed by atoms with Crippen molar-refractivity contribution in [3.05, 3.63) is 180 Å². The Morgan fingerprint density at radius 3 is 1.70 bits per heavy atom. The first kappa shape index (κ1) is 27.1. The molecule has 47 heavy (non-hydrogen) atoms. The zero-order valence-electron chi connectivity index (χ0n) is 25.5. The number of furan rings is 1. The molecule has 0 radical (unpaired) electrons. The zero-order valence-corrected chi connectivity index (χ0v) is 25.5. The third-order valence-electron chi connectivity index (χ3n) is 8.92. The summed E-state index contributed by atoms with van der Waals surface area (Å²) >= 11 is 0. The SMILES string of the molecule is c1ccc(C2=NC(c3cccc4oc5cc(-c6ccccc6)ccc5c34)N=C(c3ccc4ccc(-c5ccccc5)cc4c3)N2)cc1. The van der Waals surface area contributed by atoms with Crippen LogP contribution in [0.1, 0.15) is 22.9 Å². The first-order valence-electron chi connectivity index (χ1n) is 15.9. The Hall–Kier alpha value is -6.26. The van der Waals surface area contributed by atoms with Crippen molar-refractivity contribution >= 4 is 44.4 Å². The van der Waals surface area contributed by atoms with E-state index in [9.17, 15) is 0 Å². The second-order valence-corrected chi connectivity index (χ2v) is 11.9. The molecular weight excluding hydrogens is 574 g/mol. The van der Waals surface area contributed by atoms with E-state index in [0.29, 0.717) is 0 Å². The monoisotopic (exact) mass is 603 g/mol. The molecule has 1 unspecified atom stereocenters. The van der Waals surface area contributed by atoms with E-state index in [4.69, 9.17) is 14.4 Å². The fraction of sp³-hybridized carbons (Fsp3) is 0.0233. The minimum atomic E-state index is -0.467. The van der Waals surface area contributed by atoms with E-state index in [1.165, 1.54) is 16.5 Å². The predicted molar refractivity (Wildman–Crippen MR) is 194 cm³/mol. The Bertz CT molecular complexity index is 2480. The van der Waals surface area contributed by atoms with Crippen molar-refractivity contribution in [2.75, 3.05) is 0 Å². The van der Waals surface area contributed by atoms with Crippen LogP contribution in [-0.2, 0) is 0 Å². The van der Waals surface area contributed by atoms with Crippen LogP contribution in [-0.4, -0.2) is 11.7 Å². The molecule has 4 nitrogen and oxygen atoms in total. The Morgan fingerprint density at radius 2 is 1.00 bits per heavy atom. The first-order valence-corrected chi connectivity index (χ1v) is 15.9. The molecule has 2 heterocycles. The third kappa shape index (κ3) is 4.97. The molecule has 1 aliphatic rings. The van der Waals surface area contributed by atoms with Gasteiger partial charge in [0.1, 0.15) is 22.8 Å². The van der Waals surface area contributed by atoms with E-state index in [-0.39, 0.29) is 0 Å². The van der Waals surface area contributed by atoms with Crippen molar-refractivity contribution in [2.45, 2.75) is 6.17 Å². The van der Waals surface area contributed by atoms with E-state index < -0.39 is 6.17 Å². The highest BCUT2D eigenvalue weighted by atomic mass is 16.3. The number of amidine groups is 2. The summed E-state index contributed by atoms with van der Waals surface area (Å²) in [4.78, 5) is 10.5. The molecule has 1 N–H and O–H groups in total. The van der Waals surface area contributed by atoms with Crippen LogP contribution in [0, 0.1) is 0 Å². The lowest BCUT2D eigenvalue weighted by Gasteiger charge is -2.23. The number of nitrogens with one attached hydrogen (secondary N) is 1. The predicted octanol–water partition coefficient (Wildman–Crippen LogP) is 10.6. The zero-order chi connectivity index (χ0) is 31.2. The molecule has 1 aromatic heterocycles. The van der Waals surface area contributed by atoms with Gasteiger partial charge >= 0.3 is 0 Å². The van der Waals surface area contributed by atoms with E-state index in [0.717, 1.165) is 66.8 Å². The van der Waals surface area contributed by atoms with Gasteiger partial charge in [0.2, 0.25) is 0 Å². The van der Waals surface area contributed by atoms with Gasteiger partial charge in [-0.2, -0.15) is 0 Å². The second-order valence-electron chi connectivity index (χ2n) is 11.9. The van der Waals surface area contributed by atoms with Gasteiger partial charge in [-0.3, -0.25) is 0 Å². The summed E-state index contributed by atoms with van der Waals surface area (Å²) in [6.45, 7) is 0. The van der Waals surface area contributed by atoms with Gasteiger partial charge in [-0.1, -0.05) is 133 Å². The van der Waals surface area contributed by atoms with Crippen LogP contribution in [0.3, 0.4) is 0 Å². The average Bonchev–Trinajstić information content (AvgIpc) is 3.53. The number of hydrogen-bond acceptors (Lipinski definition) is 4. The molecule has 0 aliphatic carbocycles. The van der Waals surface area contributed by atoms with E-state index in [1.54, 1.807) is 0 Å². The van der Waals surface area contributed by atoms with Gasteiger partial charge in [0.05, 0.1) is 0 Å². The number of benzene rings is 7. The fourth-order valence-corrected chi connectivity index (χ4v) is 6.56. The molecule has 4 heteroatoms. The molecule has 0 fully saturated rings. The first-order chi connectivity index (χ1) is 23.3. The minimum absolute atomic E-state index is 0.467. The highest BCUT2D eigenvalue weighted by Gasteiger charge is 2.24. The van der Waals surface area contributed by atoms with Crippen molar-refractivity contribution in [1.82, 2.24) is 5.32 Å². The van der Waals surface area contributed by atoms with Gasteiger partial charge in [-0.15, -0.1) is 0 Å². The normalized spacial score (nSPS) is 14.6. The van der Waals surface area contributed by atoms with Crippen LogP contribution in [0.5, 0.6) is 0 Å². The molecule has 0 bridgehead atoms. The molecule has 1 atom stereocenters. The number of fused-ring (bicyclic) bond motifs is 4. The quantitative estimate of drug-likeness (QED) is 0.213. The van der Waals surface area contributed by atoms with Gasteiger partial charge in [0.15, 0.2) is 6.17 Å². The molecule has 0 amide bonds. The third-order valence-corrected chi connectivity index (χ3v) is 8.92. The molecule has 8 aromatic rings. The Labute approximate surface area is 272 Å². The van der Waals surface area contributed by atoms with Gasteiger partial charge in [0, 0.05) is 27.5 Å². The molecule has 222 valence electrons. The van der Waals surface area contributed by atoms with Crippen molar-refractivity contribution in [2.24, 2.45) is 9.98 Å². The lowest BCUT2D eigenvalue weighted by Crippen LogP contribution is -2.36. The minimum Gasteiger partial charge on any atom is -0.456 e. The molecule has 0 spiro atoms. The molecular formula is C43H29N3O. The van der Waals surface area contributed by atoms with Crippen LogP contribution in [0.4, 0.5) is 0 Å². The lowest BCUT2D eigenvalue weighted by molar-refractivity contribution is 0.668. The average molecular weight is 604 g/mol. The summed E-state index contributed by atoms with van der Waals surface area (Å²) in [6, 6.07) is 56.9. The van der Waals surface area contributed by atoms with E-state index in [2.05, 4.69) is 127 Å². The maximum atomic E-state index is 6.45. The number of nitrogens with zero attached hydrogens (tertiary/aromatic N) is 2. The summed E-state index contributed by atoms with van der Waals surface area (Å²) in [5.41, 5.74) is 9.37. The maximum absolute atomic E-state index is 6.45. The summed E-state index contributed by atoms with van der Waals surface area (Å²) in [5, 5.41) is 8.02. The van der Waals surface area contributed by atoms with Crippen molar-refractivity contribution in [1.29, 1.82) is 0 Å². The molecule has 0 saturated carbocycles. The topological polar surface area (TPSA) is 49.9 Å². The number of hydrogen-bond donors (Lipinski definition) is 1. The smallest absolute Gasteiger partial charge is 0.170 e. The standard InChI is InChI=1S/C43H29N3O/c1-4-11-28(12-5-1)32-21-19-30-20-22-34(26-35(30)25-32)42-44-41(31-15-8-3-9-16-31)45-43(46-42)37-17-10-18-38-40(37)36-24-23-33(27-39(36)47-38)29-13-6-2-7-14-29/h1-27,43H,(H,44,45,46). The van der Waals surface area contributed by atoms with Crippen molar-refractivity contribution in [3.8, 4) is 22.3 Å².